The molecule has 0 aliphatic rings. The number of carbonyl (C=O) groups excluding carboxylic acids is 1. The molecule has 0 radical (unpaired) electrons. The Morgan fingerprint density at radius 3 is 2.75 bits per heavy atom. The van der Waals surface area contributed by atoms with Crippen molar-refractivity contribution in [3.8, 4) is 10.9 Å². The van der Waals surface area contributed by atoms with Crippen molar-refractivity contribution in [3.05, 3.63) is 33.8 Å². The van der Waals surface area contributed by atoms with E-state index in [1.165, 1.54) is 4.90 Å². The molecule has 8 heteroatoms. The number of carbonyl (C=O) groups is 1. The van der Waals surface area contributed by atoms with Crippen LogP contribution in [0.15, 0.2) is 24.3 Å². The van der Waals surface area contributed by atoms with Gasteiger partial charge < -0.3 is 15.0 Å². The Balaban J connectivity index is 2.11. The molecule has 1 aromatic heterocycles. The van der Waals surface area contributed by atoms with E-state index in [9.17, 15) is 4.79 Å². The zero-order chi connectivity index (χ0) is 14.7. The van der Waals surface area contributed by atoms with E-state index < -0.39 is 0 Å². The average molecular weight is 332 g/mol. The molecule has 0 aliphatic heterocycles. The molecule has 2 amide bonds. The quantitative estimate of drug-likeness (QED) is 0.910. The summed E-state index contributed by atoms with van der Waals surface area (Å²) in [6, 6.07) is 6.73. The number of thiazole rings is 1. The lowest BCUT2D eigenvalue weighted by molar-refractivity contribution is 0.230. The van der Waals surface area contributed by atoms with Gasteiger partial charge in [0.05, 0.1) is 0 Å². The molecule has 0 saturated heterocycles. The summed E-state index contributed by atoms with van der Waals surface area (Å²) >= 11 is 12.7. The van der Waals surface area contributed by atoms with Crippen LogP contribution < -0.4 is 10.1 Å². The van der Waals surface area contributed by atoms with E-state index in [2.05, 4.69) is 10.3 Å². The minimum absolute atomic E-state index is 0.212. The zero-order valence-corrected chi connectivity index (χ0v) is 13.0. The molecule has 0 aliphatic carbocycles. The molecule has 106 valence electrons. The predicted molar refractivity (Wildman–Crippen MR) is 81.4 cm³/mol. The van der Waals surface area contributed by atoms with Gasteiger partial charge in [-0.15, -0.1) is 0 Å². The smallest absolute Gasteiger partial charge is 0.321 e. The minimum atomic E-state index is -0.220. The van der Waals surface area contributed by atoms with Gasteiger partial charge in [-0.1, -0.05) is 40.6 Å². The van der Waals surface area contributed by atoms with E-state index in [1.807, 2.05) is 0 Å². The van der Waals surface area contributed by atoms with E-state index in [0.717, 1.165) is 11.3 Å². The third-order valence-electron chi connectivity index (χ3n) is 2.23. The Hall–Kier alpha value is -1.50. The second kappa shape index (κ2) is 6.30. The standard InChI is InChI=1S/C12H11Cl2N3O2S/c1-17(2)11(18)15-7-4-3-5-8(6-7)19-12-16-9(13)10(14)20-12/h3-6H,1-2H3,(H,15,18). The van der Waals surface area contributed by atoms with E-state index >= 15 is 0 Å². The lowest BCUT2D eigenvalue weighted by Crippen LogP contribution is -2.27. The van der Waals surface area contributed by atoms with Crippen molar-refractivity contribution >= 4 is 46.3 Å². The number of nitrogens with one attached hydrogen (secondary N) is 1. The number of amides is 2. The minimum Gasteiger partial charge on any atom is -0.431 e. The molecule has 0 spiro atoms. The third kappa shape index (κ3) is 3.75. The van der Waals surface area contributed by atoms with Gasteiger partial charge in [0.1, 0.15) is 10.1 Å². The Morgan fingerprint density at radius 2 is 2.15 bits per heavy atom. The van der Waals surface area contributed by atoms with Gasteiger partial charge >= 0.3 is 6.03 Å². The highest BCUT2D eigenvalue weighted by Crippen LogP contribution is 2.35. The van der Waals surface area contributed by atoms with E-state index in [1.54, 1.807) is 38.4 Å². The van der Waals surface area contributed by atoms with Crippen LogP contribution in [0.2, 0.25) is 9.49 Å². The first kappa shape index (κ1) is 14.9. The van der Waals surface area contributed by atoms with Gasteiger partial charge in [0.15, 0.2) is 5.15 Å². The van der Waals surface area contributed by atoms with E-state index in [0.29, 0.717) is 21.0 Å². The van der Waals surface area contributed by atoms with Crippen LogP contribution in [0.1, 0.15) is 0 Å². The number of hydrogen-bond donors (Lipinski definition) is 1. The summed E-state index contributed by atoms with van der Waals surface area (Å²) in [5.74, 6) is 0.531. The fourth-order valence-corrected chi connectivity index (χ4v) is 2.32. The van der Waals surface area contributed by atoms with Gasteiger partial charge in [0.2, 0.25) is 0 Å². The second-order valence-electron chi connectivity index (χ2n) is 4.00. The van der Waals surface area contributed by atoms with Gasteiger partial charge in [-0.25, -0.2) is 4.79 Å². The normalized spacial score (nSPS) is 10.2. The summed E-state index contributed by atoms with van der Waals surface area (Å²) in [5, 5.41) is 3.28. The highest BCUT2D eigenvalue weighted by atomic mass is 35.5. The molecule has 1 aromatic carbocycles. The van der Waals surface area contributed by atoms with Crippen molar-refractivity contribution in [1.82, 2.24) is 9.88 Å². The van der Waals surface area contributed by atoms with Crippen molar-refractivity contribution in [3.63, 3.8) is 0 Å². The molecule has 2 aromatic rings. The summed E-state index contributed by atoms with van der Waals surface area (Å²) in [4.78, 5) is 17.0. The van der Waals surface area contributed by atoms with Crippen LogP contribution >= 0.6 is 34.5 Å². The molecule has 0 fully saturated rings. The number of nitrogens with zero attached hydrogens (tertiary/aromatic N) is 2. The van der Waals surface area contributed by atoms with E-state index in [4.69, 9.17) is 27.9 Å². The lowest BCUT2D eigenvalue weighted by Gasteiger charge is -2.12. The number of urea groups is 1. The SMILES string of the molecule is CN(C)C(=O)Nc1cccc(Oc2nc(Cl)c(Cl)s2)c1. The summed E-state index contributed by atoms with van der Waals surface area (Å²) < 4.78 is 5.91. The first-order valence-corrected chi connectivity index (χ1v) is 7.11. The first-order chi connectivity index (χ1) is 9.45. The van der Waals surface area contributed by atoms with Crippen molar-refractivity contribution in [2.45, 2.75) is 0 Å². The molecule has 1 N–H and O–H groups in total. The Morgan fingerprint density at radius 1 is 1.40 bits per heavy atom. The average Bonchev–Trinajstić information content (AvgIpc) is 2.68. The van der Waals surface area contributed by atoms with Gasteiger partial charge in [0.25, 0.3) is 5.19 Å². The number of hydrogen-bond acceptors (Lipinski definition) is 4. The zero-order valence-electron chi connectivity index (χ0n) is 10.7. The number of aromatic nitrogens is 1. The second-order valence-corrected chi connectivity index (χ2v) is 5.92. The summed E-state index contributed by atoms with van der Waals surface area (Å²) in [7, 11) is 3.32. The maximum Gasteiger partial charge on any atom is 0.321 e. The number of ether oxygens (including phenoxy) is 1. The molecular formula is C12H11Cl2N3O2S. The van der Waals surface area contributed by atoms with Gasteiger partial charge in [0, 0.05) is 25.8 Å². The van der Waals surface area contributed by atoms with Crippen molar-refractivity contribution < 1.29 is 9.53 Å². The maximum absolute atomic E-state index is 11.6. The van der Waals surface area contributed by atoms with Gasteiger partial charge in [-0.2, -0.15) is 4.98 Å². The monoisotopic (exact) mass is 331 g/mol. The summed E-state index contributed by atoms with van der Waals surface area (Å²) in [5.41, 5.74) is 0.620. The molecule has 20 heavy (non-hydrogen) atoms. The van der Waals surface area contributed by atoms with E-state index in [-0.39, 0.29) is 11.2 Å². The van der Waals surface area contributed by atoms with Crippen molar-refractivity contribution in [2.24, 2.45) is 0 Å². The van der Waals surface area contributed by atoms with Crippen LogP contribution in [-0.4, -0.2) is 30.0 Å². The number of benzene rings is 1. The van der Waals surface area contributed by atoms with Crippen molar-refractivity contribution in [1.29, 1.82) is 0 Å². The molecule has 2 rings (SSSR count). The number of rotatable bonds is 3. The highest BCUT2D eigenvalue weighted by molar-refractivity contribution is 7.18. The summed E-state index contributed by atoms with van der Waals surface area (Å²) in [6.07, 6.45) is 0. The lowest BCUT2D eigenvalue weighted by atomic mass is 10.3. The molecule has 1 heterocycles. The largest absolute Gasteiger partial charge is 0.431 e. The Kier molecular flexibility index (Phi) is 4.69. The molecular weight excluding hydrogens is 321 g/mol. The van der Waals surface area contributed by atoms with Crippen LogP contribution in [0.4, 0.5) is 10.5 Å². The summed E-state index contributed by atoms with van der Waals surface area (Å²) in [6.45, 7) is 0. The highest BCUT2D eigenvalue weighted by Gasteiger charge is 2.10. The van der Waals surface area contributed by atoms with Crippen LogP contribution in [0.5, 0.6) is 10.9 Å². The molecule has 0 saturated carbocycles. The first-order valence-electron chi connectivity index (χ1n) is 5.54. The third-order valence-corrected chi connectivity index (χ3v) is 3.84. The van der Waals surface area contributed by atoms with Crippen molar-refractivity contribution in [2.75, 3.05) is 19.4 Å². The Labute approximate surface area is 130 Å². The van der Waals surface area contributed by atoms with Gasteiger partial charge in [-0.05, 0) is 12.1 Å². The topological polar surface area (TPSA) is 54.5 Å². The van der Waals surface area contributed by atoms with Crippen LogP contribution in [0.3, 0.4) is 0 Å². The molecule has 0 atom stereocenters. The fraction of sp³-hybridized carbons (Fsp3) is 0.167. The van der Waals surface area contributed by atoms with Crippen LogP contribution in [0.25, 0.3) is 0 Å². The molecule has 0 unspecified atom stereocenters. The molecule has 5 nitrogen and oxygen atoms in total. The maximum atomic E-state index is 11.6. The van der Waals surface area contributed by atoms with Crippen LogP contribution in [0, 0.1) is 0 Å². The fourth-order valence-electron chi connectivity index (χ4n) is 1.28. The number of halogens is 2. The Bertz CT molecular complexity index is 611. The number of anilines is 1. The molecule has 0 bridgehead atoms. The predicted octanol–water partition coefficient (Wildman–Crippen LogP) is 4.34. The van der Waals surface area contributed by atoms with Crippen LogP contribution in [-0.2, 0) is 0 Å². The van der Waals surface area contributed by atoms with Gasteiger partial charge in [-0.3, -0.25) is 0 Å².